The molecular formula is C18H24N4O2. The molecule has 0 saturated heterocycles. The number of aryl methyl sites for hydroxylation is 1. The molecule has 2 aromatic rings. The van der Waals surface area contributed by atoms with Gasteiger partial charge in [0.05, 0.1) is 18.7 Å². The molecule has 2 aliphatic heterocycles. The van der Waals surface area contributed by atoms with Gasteiger partial charge in [-0.15, -0.1) is 10.2 Å². The maximum Gasteiger partial charge on any atom is 0.147 e. The van der Waals surface area contributed by atoms with Gasteiger partial charge in [0.25, 0.3) is 0 Å². The Morgan fingerprint density at radius 2 is 2.12 bits per heavy atom. The van der Waals surface area contributed by atoms with Gasteiger partial charge in [-0.3, -0.25) is 5.32 Å². The van der Waals surface area contributed by atoms with Crippen LogP contribution in [0.1, 0.15) is 36.5 Å². The first kappa shape index (κ1) is 15.6. The molecule has 0 saturated carbocycles. The second-order valence-corrected chi connectivity index (χ2v) is 6.86. The third-order valence-electron chi connectivity index (χ3n) is 5.12. The highest BCUT2D eigenvalue weighted by atomic mass is 16.5. The first-order valence-corrected chi connectivity index (χ1v) is 8.77. The van der Waals surface area contributed by atoms with E-state index in [4.69, 9.17) is 4.74 Å². The van der Waals surface area contributed by atoms with E-state index < -0.39 is 5.54 Å². The normalized spacial score (nSPS) is 23.0. The molecule has 0 radical (unpaired) electrons. The maximum absolute atomic E-state index is 9.99. The van der Waals surface area contributed by atoms with Crippen molar-refractivity contribution in [2.75, 3.05) is 13.2 Å². The number of aliphatic hydroxyl groups excluding tert-OH is 1. The Kier molecular flexibility index (Phi) is 4.24. The lowest BCUT2D eigenvalue weighted by molar-refractivity contribution is 0.0852. The van der Waals surface area contributed by atoms with Crippen LogP contribution in [-0.2, 0) is 25.9 Å². The van der Waals surface area contributed by atoms with Crippen molar-refractivity contribution in [2.24, 2.45) is 0 Å². The quantitative estimate of drug-likeness (QED) is 0.889. The lowest BCUT2D eigenvalue weighted by atomic mass is 9.89. The Bertz CT molecular complexity index is 715. The standard InChI is InChI=1S/C18H24N4O2/c23-12-18(10-14-6-3-4-7-15(14)24-13-18)19-11-17-21-20-16-8-2-1-5-9-22(16)17/h3-4,6-7,19,23H,1-2,5,8-13H2. The minimum Gasteiger partial charge on any atom is -0.491 e. The number of hydrogen-bond donors (Lipinski definition) is 2. The topological polar surface area (TPSA) is 72.2 Å². The fourth-order valence-corrected chi connectivity index (χ4v) is 3.64. The number of nitrogens with one attached hydrogen (secondary N) is 1. The van der Waals surface area contributed by atoms with E-state index in [9.17, 15) is 5.11 Å². The number of fused-ring (bicyclic) bond motifs is 2. The van der Waals surface area contributed by atoms with Crippen LogP contribution in [0.3, 0.4) is 0 Å². The number of benzene rings is 1. The fraction of sp³-hybridized carbons (Fsp3) is 0.556. The van der Waals surface area contributed by atoms with Crippen LogP contribution in [0.4, 0.5) is 0 Å². The molecule has 0 bridgehead atoms. The van der Waals surface area contributed by atoms with E-state index in [2.05, 4.69) is 26.1 Å². The average Bonchev–Trinajstić information content (AvgIpc) is 2.86. The number of hydrogen-bond acceptors (Lipinski definition) is 5. The molecule has 0 aliphatic carbocycles. The smallest absolute Gasteiger partial charge is 0.147 e. The molecule has 2 N–H and O–H groups in total. The maximum atomic E-state index is 9.99. The summed E-state index contributed by atoms with van der Waals surface area (Å²) in [6.07, 6.45) is 5.38. The van der Waals surface area contributed by atoms with Crippen LogP contribution in [0, 0.1) is 0 Å². The lowest BCUT2D eigenvalue weighted by Crippen LogP contribution is -2.56. The van der Waals surface area contributed by atoms with Gasteiger partial charge in [-0.2, -0.15) is 0 Å². The molecule has 2 aliphatic rings. The van der Waals surface area contributed by atoms with Gasteiger partial charge >= 0.3 is 0 Å². The molecule has 24 heavy (non-hydrogen) atoms. The van der Waals surface area contributed by atoms with Crippen LogP contribution < -0.4 is 10.1 Å². The second kappa shape index (κ2) is 6.53. The van der Waals surface area contributed by atoms with Crippen molar-refractivity contribution < 1.29 is 9.84 Å². The Hall–Kier alpha value is -1.92. The summed E-state index contributed by atoms with van der Waals surface area (Å²) in [6, 6.07) is 8.02. The van der Waals surface area contributed by atoms with Crippen LogP contribution in [0.5, 0.6) is 5.75 Å². The number of nitrogens with zero attached hydrogens (tertiary/aromatic N) is 3. The van der Waals surface area contributed by atoms with Gasteiger partial charge < -0.3 is 14.4 Å². The van der Waals surface area contributed by atoms with E-state index >= 15 is 0 Å². The number of rotatable bonds is 4. The van der Waals surface area contributed by atoms with E-state index in [0.717, 1.165) is 42.3 Å². The Morgan fingerprint density at radius 3 is 3.04 bits per heavy atom. The zero-order valence-electron chi connectivity index (χ0n) is 13.9. The fourth-order valence-electron chi connectivity index (χ4n) is 3.64. The molecule has 1 aromatic carbocycles. The molecule has 4 rings (SSSR count). The largest absolute Gasteiger partial charge is 0.491 e. The van der Waals surface area contributed by atoms with Crippen LogP contribution in [0.2, 0.25) is 0 Å². The third kappa shape index (κ3) is 2.91. The van der Waals surface area contributed by atoms with Crippen LogP contribution in [-0.4, -0.2) is 38.6 Å². The Balaban J connectivity index is 1.50. The van der Waals surface area contributed by atoms with Gasteiger partial charge in [0.2, 0.25) is 0 Å². The average molecular weight is 328 g/mol. The van der Waals surface area contributed by atoms with Gasteiger partial charge in [0.1, 0.15) is 24.0 Å². The highest BCUT2D eigenvalue weighted by Gasteiger charge is 2.35. The van der Waals surface area contributed by atoms with E-state index in [-0.39, 0.29) is 6.61 Å². The Morgan fingerprint density at radius 1 is 1.21 bits per heavy atom. The first-order chi connectivity index (χ1) is 11.8. The van der Waals surface area contributed by atoms with E-state index in [1.54, 1.807) is 0 Å². The van der Waals surface area contributed by atoms with Gasteiger partial charge in [-0.1, -0.05) is 24.6 Å². The summed E-state index contributed by atoms with van der Waals surface area (Å²) >= 11 is 0. The van der Waals surface area contributed by atoms with Crippen LogP contribution in [0.15, 0.2) is 24.3 Å². The monoisotopic (exact) mass is 328 g/mol. The molecule has 1 aromatic heterocycles. The molecule has 6 nitrogen and oxygen atoms in total. The summed E-state index contributed by atoms with van der Waals surface area (Å²) in [5.41, 5.74) is 0.663. The number of aliphatic hydroxyl groups is 1. The summed E-state index contributed by atoms with van der Waals surface area (Å²) in [5.74, 6) is 2.96. The Labute approximate surface area is 141 Å². The summed E-state index contributed by atoms with van der Waals surface area (Å²) < 4.78 is 8.11. The highest BCUT2D eigenvalue weighted by Crippen LogP contribution is 2.29. The molecule has 1 atom stereocenters. The summed E-state index contributed by atoms with van der Waals surface area (Å²) in [6.45, 7) is 2.08. The predicted molar refractivity (Wildman–Crippen MR) is 89.9 cm³/mol. The van der Waals surface area contributed by atoms with Crippen molar-refractivity contribution in [3.8, 4) is 5.75 Å². The van der Waals surface area contributed by atoms with Gasteiger partial charge in [-0.05, 0) is 30.9 Å². The van der Waals surface area contributed by atoms with E-state index in [0.29, 0.717) is 13.2 Å². The van der Waals surface area contributed by atoms with Crippen molar-refractivity contribution in [1.82, 2.24) is 20.1 Å². The molecule has 0 spiro atoms. The van der Waals surface area contributed by atoms with Gasteiger partial charge in [0.15, 0.2) is 0 Å². The minimum atomic E-state index is -0.467. The van der Waals surface area contributed by atoms with Crippen LogP contribution >= 0.6 is 0 Å². The van der Waals surface area contributed by atoms with Crippen molar-refractivity contribution in [2.45, 2.75) is 50.7 Å². The molecule has 0 amide bonds. The van der Waals surface area contributed by atoms with E-state index in [1.165, 1.54) is 19.3 Å². The SMILES string of the molecule is OCC1(NCc2nnc3n2CCCCC3)COc2ccccc2C1. The highest BCUT2D eigenvalue weighted by molar-refractivity contribution is 5.37. The summed E-state index contributed by atoms with van der Waals surface area (Å²) in [4.78, 5) is 0. The molecule has 0 fully saturated rings. The summed E-state index contributed by atoms with van der Waals surface area (Å²) in [5, 5.41) is 22.2. The molecule has 3 heterocycles. The number of aromatic nitrogens is 3. The minimum absolute atomic E-state index is 0.0301. The van der Waals surface area contributed by atoms with Crippen molar-refractivity contribution in [3.63, 3.8) is 0 Å². The van der Waals surface area contributed by atoms with Gasteiger partial charge in [-0.25, -0.2) is 0 Å². The molecule has 1 unspecified atom stereocenters. The summed E-state index contributed by atoms with van der Waals surface area (Å²) in [7, 11) is 0. The van der Waals surface area contributed by atoms with Crippen molar-refractivity contribution in [3.05, 3.63) is 41.5 Å². The van der Waals surface area contributed by atoms with Crippen LogP contribution in [0.25, 0.3) is 0 Å². The predicted octanol–water partition coefficient (Wildman–Crippen LogP) is 1.46. The molecule has 128 valence electrons. The number of ether oxygens (including phenoxy) is 1. The molecular weight excluding hydrogens is 304 g/mol. The van der Waals surface area contributed by atoms with Gasteiger partial charge in [0, 0.05) is 13.0 Å². The zero-order valence-corrected chi connectivity index (χ0v) is 13.9. The lowest BCUT2D eigenvalue weighted by Gasteiger charge is -2.37. The number of para-hydroxylation sites is 1. The third-order valence-corrected chi connectivity index (χ3v) is 5.12. The molecule has 6 heteroatoms. The van der Waals surface area contributed by atoms with E-state index in [1.807, 2.05) is 18.2 Å². The first-order valence-electron chi connectivity index (χ1n) is 8.77. The van der Waals surface area contributed by atoms with Crippen molar-refractivity contribution >= 4 is 0 Å². The zero-order chi connectivity index (χ0) is 16.4. The van der Waals surface area contributed by atoms with Crippen molar-refractivity contribution in [1.29, 1.82) is 0 Å². The second-order valence-electron chi connectivity index (χ2n) is 6.86.